The maximum absolute atomic E-state index is 11.6. The highest BCUT2D eigenvalue weighted by atomic mass is 16.5. The van der Waals surface area contributed by atoms with Crippen LogP contribution in [0, 0.1) is 0 Å². The molecule has 0 radical (unpaired) electrons. The Kier molecular flexibility index (Phi) is 4.86. The van der Waals surface area contributed by atoms with E-state index in [1.807, 2.05) is 4.68 Å². The van der Waals surface area contributed by atoms with Crippen LogP contribution in [0.2, 0.25) is 0 Å². The zero-order valence-corrected chi connectivity index (χ0v) is 17.4. The van der Waals surface area contributed by atoms with Gasteiger partial charge in [0.05, 0.1) is 30.4 Å². The Bertz CT molecular complexity index is 1100. The largest absolute Gasteiger partial charge is 0.495 e. The van der Waals surface area contributed by atoms with Gasteiger partial charge in [-0.3, -0.25) is 4.79 Å². The highest BCUT2D eigenvalue weighted by molar-refractivity contribution is 5.79. The lowest BCUT2D eigenvalue weighted by Crippen LogP contribution is -2.26. The van der Waals surface area contributed by atoms with Crippen LogP contribution in [-0.2, 0) is 17.8 Å². The van der Waals surface area contributed by atoms with Crippen LogP contribution in [-0.4, -0.2) is 51.1 Å². The smallest absolute Gasteiger partial charge is 0.229 e. The van der Waals surface area contributed by atoms with Crippen LogP contribution in [0.3, 0.4) is 0 Å². The summed E-state index contributed by atoms with van der Waals surface area (Å²) in [4.78, 5) is 23.1. The Balaban J connectivity index is 1.46. The van der Waals surface area contributed by atoms with Crippen molar-refractivity contribution in [2.75, 3.05) is 26.0 Å². The molecule has 1 aromatic carbocycles. The van der Waals surface area contributed by atoms with E-state index in [9.17, 15) is 4.79 Å². The minimum absolute atomic E-state index is 0.205. The van der Waals surface area contributed by atoms with Gasteiger partial charge in [0.1, 0.15) is 11.5 Å². The van der Waals surface area contributed by atoms with Gasteiger partial charge in [0.2, 0.25) is 5.95 Å². The number of nitrogens with one attached hydrogen (secondary N) is 1. The summed E-state index contributed by atoms with van der Waals surface area (Å²) in [5, 5.41) is 8.78. The zero-order chi connectivity index (χ0) is 20.7. The maximum atomic E-state index is 11.6. The third kappa shape index (κ3) is 3.52. The van der Waals surface area contributed by atoms with E-state index in [4.69, 9.17) is 9.72 Å². The van der Waals surface area contributed by atoms with E-state index in [1.54, 1.807) is 19.5 Å². The van der Waals surface area contributed by atoms with Crippen LogP contribution in [0.15, 0.2) is 24.5 Å². The predicted octanol–water partition coefficient (Wildman–Crippen LogP) is 3.25. The van der Waals surface area contributed by atoms with Crippen molar-refractivity contribution in [1.82, 2.24) is 24.6 Å². The molecule has 1 aliphatic heterocycles. The molecule has 3 aromatic rings. The van der Waals surface area contributed by atoms with Crippen molar-refractivity contribution < 1.29 is 9.53 Å². The van der Waals surface area contributed by atoms with Crippen LogP contribution < -0.4 is 10.1 Å². The third-order valence-corrected chi connectivity index (χ3v) is 6.16. The molecule has 2 aromatic heterocycles. The van der Waals surface area contributed by atoms with Crippen molar-refractivity contribution in [3.05, 3.63) is 35.7 Å². The molecule has 0 saturated heterocycles. The molecule has 0 amide bonds. The van der Waals surface area contributed by atoms with Crippen LogP contribution in [0.4, 0.5) is 11.6 Å². The average Bonchev–Trinajstić information content (AvgIpc) is 3.17. The van der Waals surface area contributed by atoms with E-state index in [-0.39, 0.29) is 6.04 Å². The quantitative estimate of drug-likeness (QED) is 0.712. The summed E-state index contributed by atoms with van der Waals surface area (Å²) in [5.41, 5.74) is 4.28. The molecule has 1 N–H and O–H groups in total. The molecule has 2 aliphatic rings. The maximum Gasteiger partial charge on any atom is 0.229 e. The van der Waals surface area contributed by atoms with Gasteiger partial charge in [0, 0.05) is 32.1 Å². The second-order valence-corrected chi connectivity index (χ2v) is 8.27. The number of hydrogen-bond acceptors (Lipinski definition) is 7. The Labute approximate surface area is 175 Å². The number of anilines is 2. The van der Waals surface area contributed by atoms with E-state index in [1.165, 1.54) is 11.1 Å². The number of benzene rings is 1. The molecule has 156 valence electrons. The fraction of sp³-hybridized carbons (Fsp3) is 0.455. The number of aromatic nitrogens is 4. The Morgan fingerprint density at radius 2 is 1.97 bits per heavy atom. The number of nitrogens with zero attached hydrogens (tertiary/aromatic N) is 5. The topological polar surface area (TPSA) is 85.2 Å². The molecule has 1 saturated carbocycles. The van der Waals surface area contributed by atoms with E-state index >= 15 is 0 Å². The predicted molar refractivity (Wildman–Crippen MR) is 114 cm³/mol. The highest BCUT2D eigenvalue weighted by Gasteiger charge is 2.23. The van der Waals surface area contributed by atoms with E-state index in [0.717, 1.165) is 54.8 Å². The van der Waals surface area contributed by atoms with Crippen molar-refractivity contribution in [3.63, 3.8) is 0 Å². The summed E-state index contributed by atoms with van der Waals surface area (Å²) in [6.07, 6.45) is 7.47. The van der Waals surface area contributed by atoms with Crippen LogP contribution in [0.5, 0.6) is 5.75 Å². The fourth-order valence-electron chi connectivity index (χ4n) is 4.45. The SMILES string of the molecule is COc1cc2c(cc1Nc1ncc3cnn(C4CCC(=O)CC4)c3n1)CN(C)CC2. The molecular weight excluding hydrogens is 380 g/mol. The normalized spacial score (nSPS) is 17.9. The van der Waals surface area contributed by atoms with Crippen molar-refractivity contribution in [2.45, 2.75) is 44.7 Å². The Morgan fingerprint density at radius 3 is 2.77 bits per heavy atom. The van der Waals surface area contributed by atoms with Crippen LogP contribution >= 0.6 is 0 Å². The fourth-order valence-corrected chi connectivity index (χ4v) is 4.45. The number of likely N-dealkylation sites (N-methyl/N-ethyl adjacent to an activating group) is 1. The lowest BCUT2D eigenvalue weighted by molar-refractivity contribution is -0.120. The van der Waals surface area contributed by atoms with Gasteiger partial charge in [0.25, 0.3) is 0 Å². The van der Waals surface area contributed by atoms with Gasteiger partial charge in [-0.1, -0.05) is 0 Å². The first-order valence-corrected chi connectivity index (χ1v) is 10.5. The molecule has 0 unspecified atom stereocenters. The molecule has 5 rings (SSSR count). The molecule has 8 heteroatoms. The molecular formula is C22H26N6O2. The zero-order valence-electron chi connectivity index (χ0n) is 17.4. The van der Waals surface area contributed by atoms with Gasteiger partial charge in [0.15, 0.2) is 5.65 Å². The number of hydrogen-bond donors (Lipinski definition) is 1. The number of methoxy groups -OCH3 is 1. The Morgan fingerprint density at radius 1 is 1.13 bits per heavy atom. The number of carbonyl (C=O) groups is 1. The minimum atomic E-state index is 0.205. The van der Waals surface area contributed by atoms with E-state index in [0.29, 0.717) is 24.6 Å². The summed E-state index contributed by atoms with van der Waals surface area (Å²) in [6.45, 7) is 1.97. The van der Waals surface area contributed by atoms with Crippen molar-refractivity contribution in [2.24, 2.45) is 0 Å². The summed E-state index contributed by atoms with van der Waals surface area (Å²) >= 11 is 0. The number of Topliss-reactive ketones (excluding diaryl/α,β-unsaturated/α-hetero) is 1. The standard InChI is InChI=1S/C22H26N6O2/c1-27-8-7-14-10-20(30-2)19(9-15(14)13-27)25-22-23-11-16-12-24-28(21(16)26-22)17-3-5-18(29)6-4-17/h9-12,17H,3-8,13H2,1-2H3,(H,23,25,26). The molecule has 0 atom stereocenters. The lowest BCUT2D eigenvalue weighted by Gasteiger charge is -2.26. The Hall–Kier alpha value is -3.00. The summed E-state index contributed by atoms with van der Waals surface area (Å²) in [5.74, 6) is 1.64. The van der Waals surface area contributed by atoms with Gasteiger partial charge >= 0.3 is 0 Å². The second-order valence-electron chi connectivity index (χ2n) is 8.27. The van der Waals surface area contributed by atoms with E-state index in [2.05, 4.69) is 39.5 Å². The van der Waals surface area contributed by atoms with Crippen LogP contribution in [0.1, 0.15) is 42.9 Å². The average molecular weight is 406 g/mol. The van der Waals surface area contributed by atoms with Crippen molar-refractivity contribution >= 4 is 28.5 Å². The van der Waals surface area contributed by atoms with Gasteiger partial charge < -0.3 is 15.0 Å². The molecule has 0 spiro atoms. The van der Waals surface area contributed by atoms with Gasteiger partial charge in [-0.2, -0.15) is 10.1 Å². The number of fused-ring (bicyclic) bond motifs is 2. The first-order valence-electron chi connectivity index (χ1n) is 10.5. The molecule has 3 heterocycles. The highest BCUT2D eigenvalue weighted by Crippen LogP contribution is 2.33. The molecule has 0 bridgehead atoms. The first kappa shape index (κ1) is 19.0. The van der Waals surface area contributed by atoms with Crippen molar-refractivity contribution in [1.29, 1.82) is 0 Å². The molecule has 8 nitrogen and oxygen atoms in total. The number of ketones is 1. The van der Waals surface area contributed by atoms with Gasteiger partial charge in [-0.05, 0) is 49.6 Å². The number of ether oxygens (including phenoxy) is 1. The molecule has 30 heavy (non-hydrogen) atoms. The molecule has 1 aliphatic carbocycles. The third-order valence-electron chi connectivity index (χ3n) is 6.16. The number of carbonyl (C=O) groups excluding carboxylic acids is 1. The summed E-state index contributed by atoms with van der Waals surface area (Å²) in [6, 6.07) is 4.46. The number of rotatable bonds is 4. The summed E-state index contributed by atoms with van der Waals surface area (Å²) in [7, 11) is 3.82. The van der Waals surface area contributed by atoms with Gasteiger partial charge in [-0.15, -0.1) is 0 Å². The minimum Gasteiger partial charge on any atom is -0.495 e. The van der Waals surface area contributed by atoms with Crippen molar-refractivity contribution in [3.8, 4) is 5.75 Å². The summed E-state index contributed by atoms with van der Waals surface area (Å²) < 4.78 is 7.58. The second kappa shape index (κ2) is 7.68. The monoisotopic (exact) mass is 406 g/mol. The van der Waals surface area contributed by atoms with E-state index < -0.39 is 0 Å². The molecule has 1 fully saturated rings. The van der Waals surface area contributed by atoms with Gasteiger partial charge in [-0.25, -0.2) is 9.67 Å². The lowest BCUT2D eigenvalue weighted by atomic mass is 9.94. The van der Waals surface area contributed by atoms with Crippen LogP contribution in [0.25, 0.3) is 11.0 Å². The first-order chi connectivity index (χ1) is 14.6.